The second-order valence-corrected chi connectivity index (χ2v) is 10.3. The van der Waals surface area contributed by atoms with Crippen molar-refractivity contribution in [3.63, 3.8) is 0 Å². The Kier molecular flexibility index (Phi) is 6.29. The molecule has 2 N–H and O–H groups in total. The van der Waals surface area contributed by atoms with Gasteiger partial charge in [-0.3, -0.25) is 9.59 Å². The van der Waals surface area contributed by atoms with Gasteiger partial charge in [-0.2, -0.15) is 0 Å². The van der Waals surface area contributed by atoms with Gasteiger partial charge in [0.2, 0.25) is 0 Å². The van der Waals surface area contributed by atoms with Gasteiger partial charge in [0, 0.05) is 48.2 Å². The Labute approximate surface area is 227 Å². The van der Waals surface area contributed by atoms with Crippen LogP contribution in [-0.2, 0) is 24.3 Å². The molecule has 196 valence electrons. The van der Waals surface area contributed by atoms with Crippen LogP contribution in [0.1, 0.15) is 49.4 Å². The molecule has 6 nitrogen and oxygen atoms in total. The fourth-order valence-corrected chi connectivity index (χ4v) is 6.06. The van der Waals surface area contributed by atoms with Gasteiger partial charge in [0.15, 0.2) is 11.4 Å². The summed E-state index contributed by atoms with van der Waals surface area (Å²) < 4.78 is 0. The molecule has 0 radical (unpaired) electrons. The lowest BCUT2D eigenvalue weighted by Gasteiger charge is -2.37. The Bertz CT molecular complexity index is 1410. The summed E-state index contributed by atoms with van der Waals surface area (Å²) in [4.78, 5) is 30.0. The predicted octanol–water partition coefficient (Wildman–Crippen LogP) is 4.46. The summed E-state index contributed by atoms with van der Waals surface area (Å²) in [5.41, 5.74) is 0.963. The van der Waals surface area contributed by atoms with Crippen LogP contribution in [0.5, 0.6) is 0 Å². The highest BCUT2D eigenvalue weighted by Crippen LogP contribution is 2.42. The van der Waals surface area contributed by atoms with E-state index in [0.29, 0.717) is 28.7 Å². The van der Waals surface area contributed by atoms with E-state index < -0.39 is 11.4 Å². The summed E-state index contributed by atoms with van der Waals surface area (Å²) in [7, 11) is 0. The quantitative estimate of drug-likeness (QED) is 0.361. The Morgan fingerprint density at radius 1 is 0.513 bits per heavy atom. The van der Waals surface area contributed by atoms with Gasteiger partial charge in [0.05, 0.1) is 0 Å². The van der Waals surface area contributed by atoms with E-state index in [1.807, 2.05) is 72.8 Å². The largest absolute Gasteiger partial charge is 0.366 e. The van der Waals surface area contributed by atoms with Crippen LogP contribution in [0.15, 0.2) is 109 Å². The molecule has 2 aliphatic heterocycles. The highest BCUT2D eigenvalue weighted by atomic mass is 16.3. The lowest BCUT2D eigenvalue weighted by atomic mass is 9.94. The third kappa shape index (κ3) is 4.22. The number of fused-ring (bicyclic) bond motifs is 2. The van der Waals surface area contributed by atoms with E-state index in [4.69, 9.17) is 0 Å². The van der Waals surface area contributed by atoms with Gasteiger partial charge in [0.25, 0.3) is 11.8 Å². The molecule has 6 rings (SSSR count). The van der Waals surface area contributed by atoms with E-state index >= 15 is 0 Å². The summed E-state index contributed by atoms with van der Waals surface area (Å²) in [6, 6.07) is 33.6. The minimum atomic E-state index is -1.51. The van der Waals surface area contributed by atoms with E-state index in [0.717, 1.165) is 11.1 Å². The fraction of sp³-hybridized carbons (Fsp3) is 0.212. The SMILES string of the molecule is O=C1c2ccccc2[C@](O)(Cc2ccccc2)N1CCCN1C(=O)c2ccccc2[C@@]1(O)Cc1ccccc1. The van der Waals surface area contributed by atoms with Crippen molar-refractivity contribution in [1.29, 1.82) is 0 Å². The second kappa shape index (κ2) is 9.80. The fourth-order valence-electron chi connectivity index (χ4n) is 6.06. The van der Waals surface area contributed by atoms with Crippen LogP contribution >= 0.6 is 0 Å². The topological polar surface area (TPSA) is 81.1 Å². The molecule has 0 unspecified atom stereocenters. The summed E-state index contributed by atoms with van der Waals surface area (Å²) in [6.45, 7) is 0.441. The number of aliphatic hydroxyl groups is 2. The normalized spacial score (nSPS) is 21.8. The van der Waals surface area contributed by atoms with E-state index in [1.54, 1.807) is 36.4 Å². The van der Waals surface area contributed by atoms with Gasteiger partial charge in [0.1, 0.15) is 0 Å². The third-order valence-electron chi connectivity index (χ3n) is 7.91. The van der Waals surface area contributed by atoms with Crippen molar-refractivity contribution >= 4 is 11.8 Å². The molecule has 0 spiro atoms. The van der Waals surface area contributed by atoms with Crippen LogP contribution in [0.3, 0.4) is 0 Å². The third-order valence-corrected chi connectivity index (χ3v) is 7.91. The van der Waals surface area contributed by atoms with Crippen LogP contribution in [0.2, 0.25) is 0 Å². The van der Waals surface area contributed by atoms with Gasteiger partial charge in [-0.05, 0) is 29.7 Å². The first kappa shape index (κ1) is 25.0. The number of benzene rings is 4. The molecule has 4 aromatic rings. The maximum Gasteiger partial charge on any atom is 0.256 e. The Balaban J connectivity index is 1.26. The summed E-state index contributed by atoms with van der Waals surface area (Å²) in [5, 5.41) is 24.0. The molecule has 4 aromatic carbocycles. The first-order valence-corrected chi connectivity index (χ1v) is 13.3. The molecule has 2 atom stereocenters. The molecule has 39 heavy (non-hydrogen) atoms. The van der Waals surface area contributed by atoms with Crippen LogP contribution in [0.4, 0.5) is 0 Å². The van der Waals surface area contributed by atoms with E-state index in [1.165, 1.54) is 9.80 Å². The van der Waals surface area contributed by atoms with Crippen molar-refractivity contribution < 1.29 is 19.8 Å². The molecule has 0 fully saturated rings. The van der Waals surface area contributed by atoms with Gasteiger partial charge in [-0.25, -0.2) is 0 Å². The predicted molar refractivity (Wildman–Crippen MR) is 148 cm³/mol. The Morgan fingerprint density at radius 2 is 0.872 bits per heavy atom. The maximum absolute atomic E-state index is 13.5. The highest BCUT2D eigenvalue weighted by Gasteiger charge is 2.50. The maximum atomic E-state index is 13.5. The highest BCUT2D eigenvalue weighted by molar-refractivity contribution is 6.00. The number of nitrogens with zero attached hydrogens (tertiary/aromatic N) is 2. The van der Waals surface area contributed by atoms with Crippen LogP contribution in [0.25, 0.3) is 0 Å². The minimum absolute atomic E-state index is 0.221. The summed E-state index contributed by atoms with van der Waals surface area (Å²) in [6.07, 6.45) is 0.888. The van der Waals surface area contributed by atoms with Gasteiger partial charge >= 0.3 is 0 Å². The minimum Gasteiger partial charge on any atom is -0.366 e. The van der Waals surface area contributed by atoms with Gasteiger partial charge in [-0.1, -0.05) is 97.1 Å². The van der Waals surface area contributed by atoms with Crippen LogP contribution in [-0.4, -0.2) is 44.9 Å². The number of hydrogen-bond donors (Lipinski definition) is 2. The van der Waals surface area contributed by atoms with Crippen molar-refractivity contribution in [3.05, 3.63) is 143 Å². The van der Waals surface area contributed by atoms with Crippen LogP contribution < -0.4 is 0 Å². The molecule has 2 heterocycles. The average molecular weight is 519 g/mol. The molecule has 0 saturated carbocycles. The van der Waals surface area contributed by atoms with E-state index in [9.17, 15) is 19.8 Å². The molecule has 6 heteroatoms. The summed E-state index contributed by atoms with van der Waals surface area (Å²) in [5.74, 6) is -0.473. The number of carbonyl (C=O) groups excluding carboxylic acids is 2. The average Bonchev–Trinajstić information content (AvgIpc) is 3.30. The van der Waals surface area contributed by atoms with Crippen molar-refractivity contribution in [2.75, 3.05) is 13.1 Å². The number of amides is 2. The first-order chi connectivity index (χ1) is 18.9. The van der Waals surface area contributed by atoms with E-state index in [-0.39, 0.29) is 37.7 Å². The standard InChI is InChI=1S/C33H30N2O4/c36-30-26-16-7-9-18-28(26)32(38,22-24-12-3-1-4-13-24)34(30)20-11-21-35-31(37)27-17-8-10-19-29(27)33(35,39)23-25-14-5-2-6-15-25/h1-10,12-19,38-39H,11,20-23H2/t32-,33+. The zero-order valence-electron chi connectivity index (χ0n) is 21.5. The summed E-state index contributed by atoms with van der Waals surface area (Å²) >= 11 is 0. The van der Waals surface area contributed by atoms with Gasteiger partial charge < -0.3 is 20.0 Å². The van der Waals surface area contributed by atoms with Crippen LogP contribution in [0, 0.1) is 0 Å². The van der Waals surface area contributed by atoms with Crippen molar-refractivity contribution in [2.45, 2.75) is 30.7 Å². The monoisotopic (exact) mass is 518 g/mol. The molecule has 2 aliphatic rings. The Hall–Kier alpha value is -4.26. The number of hydrogen-bond acceptors (Lipinski definition) is 4. The van der Waals surface area contributed by atoms with E-state index in [2.05, 4.69) is 0 Å². The molecular formula is C33H30N2O4. The molecule has 0 aromatic heterocycles. The molecule has 0 bridgehead atoms. The molecular weight excluding hydrogens is 488 g/mol. The molecule has 2 amide bonds. The molecule has 0 saturated heterocycles. The van der Waals surface area contributed by atoms with Gasteiger partial charge in [-0.15, -0.1) is 0 Å². The zero-order valence-corrected chi connectivity index (χ0v) is 21.5. The Morgan fingerprint density at radius 3 is 1.28 bits per heavy atom. The lowest BCUT2D eigenvalue weighted by molar-refractivity contribution is -0.0949. The smallest absolute Gasteiger partial charge is 0.256 e. The van der Waals surface area contributed by atoms with Crippen molar-refractivity contribution in [2.24, 2.45) is 0 Å². The van der Waals surface area contributed by atoms with Crippen molar-refractivity contribution in [3.8, 4) is 0 Å². The molecule has 0 aliphatic carbocycles. The zero-order chi connectivity index (χ0) is 27.0. The lowest BCUT2D eigenvalue weighted by Crippen LogP contribution is -2.49. The van der Waals surface area contributed by atoms with Crippen molar-refractivity contribution in [1.82, 2.24) is 9.80 Å². The second-order valence-electron chi connectivity index (χ2n) is 10.3. The first-order valence-electron chi connectivity index (χ1n) is 13.3. The number of carbonyl (C=O) groups is 2. The number of rotatable bonds is 8.